The van der Waals surface area contributed by atoms with Gasteiger partial charge in [-0.1, -0.05) is 18.2 Å². The number of nitrogens with zero attached hydrogens (tertiary/aromatic N) is 4. The maximum absolute atomic E-state index is 12.3. The average molecular weight is 430 g/mol. The molecule has 0 atom stereocenters. The lowest BCUT2D eigenvalue weighted by Gasteiger charge is -2.17. The molecule has 0 unspecified atom stereocenters. The average Bonchev–Trinajstić information content (AvgIpc) is 3.44. The van der Waals surface area contributed by atoms with Gasteiger partial charge in [-0.3, -0.25) is 9.59 Å². The first-order valence-corrected chi connectivity index (χ1v) is 10.0. The van der Waals surface area contributed by atoms with Gasteiger partial charge in [0.25, 0.3) is 5.91 Å². The number of amides is 2. The van der Waals surface area contributed by atoms with E-state index in [0.29, 0.717) is 17.4 Å². The van der Waals surface area contributed by atoms with E-state index >= 15 is 0 Å². The molecule has 30 heavy (non-hydrogen) atoms. The molecule has 2 amide bonds. The van der Waals surface area contributed by atoms with Gasteiger partial charge in [0, 0.05) is 30.9 Å². The van der Waals surface area contributed by atoms with Crippen molar-refractivity contribution in [1.29, 1.82) is 0 Å². The number of fused-ring (bicyclic) bond motifs is 1. The fourth-order valence-corrected chi connectivity index (χ4v) is 3.65. The standard InChI is InChI=1S/C16H18N2O2.C5H6ClN3O/c1-2-15(19)18-10-7-12-11-13(5-6-14(12)18)16(20)17-8-3-4-9-17;1-10-4-3(6)2-8-5(7)9-4/h2,5-6,11H,1,3-4,7-10H2;2H,1H3,(H2,7,8,9). The van der Waals surface area contributed by atoms with Gasteiger partial charge in [-0.15, -0.1) is 0 Å². The zero-order valence-corrected chi connectivity index (χ0v) is 17.6. The highest BCUT2D eigenvalue weighted by atomic mass is 35.5. The van der Waals surface area contributed by atoms with Crippen molar-refractivity contribution in [2.75, 3.05) is 37.4 Å². The van der Waals surface area contributed by atoms with Gasteiger partial charge >= 0.3 is 0 Å². The first-order chi connectivity index (χ1) is 14.4. The van der Waals surface area contributed by atoms with Crippen molar-refractivity contribution in [3.8, 4) is 5.88 Å². The number of hydrogen-bond acceptors (Lipinski definition) is 6. The molecule has 0 spiro atoms. The zero-order valence-electron chi connectivity index (χ0n) is 16.8. The van der Waals surface area contributed by atoms with E-state index in [2.05, 4.69) is 16.5 Å². The summed E-state index contributed by atoms with van der Waals surface area (Å²) in [5, 5.41) is 0.358. The van der Waals surface area contributed by atoms with Crippen LogP contribution in [0.4, 0.5) is 11.6 Å². The van der Waals surface area contributed by atoms with E-state index in [-0.39, 0.29) is 17.8 Å². The maximum atomic E-state index is 12.3. The lowest BCUT2D eigenvalue weighted by atomic mass is 10.1. The van der Waals surface area contributed by atoms with Gasteiger partial charge in [0.2, 0.25) is 17.7 Å². The third kappa shape index (κ3) is 4.71. The predicted octanol–water partition coefficient (Wildman–Crippen LogP) is 2.72. The number of methoxy groups -OCH3 is 1. The highest BCUT2D eigenvalue weighted by Crippen LogP contribution is 2.29. The summed E-state index contributed by atoms with van der Waals surface area (Å²) in [6.45, 7) is 5.91. The number of anilines is 2. The summed E-state index contributed by atoms with van der Waals surface area (Å²) in [6.07, 6.45) is 5.72. The summed E-state index contributed by atoms with van der Waals surface area (Å²) < 4.78 is 4.76. The van der Waals surface area contributed by atoms with Crippen LogP contribution in [0.25, 0.3) is 0 Å². The van der Waals surface area contributed by atoms with E-state index in [9.17, 15) is 9.59 Å². The molecule has 2 aromatic rings. The molecule has 2 aliphatic heterocycles. The molecule has 1 aromatic carbocycles. The Bertz CT molecular complexity index is 960. The molecule has 0 bridgehead atoms. The first-order valence-electron chi connectivity index (χ1n) is 9.62. The van der Waals surface area contributed by atoms with E-state index < -0.39 is 0 Å². The van der Waals surface area contributed by atoms with E-state index in [0.717, 1.165) is 49.2 Å². The number of aromatic nitrogens is 2. The Labute approximate surface area is 180 Å². The number of nitrogen functional groups attached to an aromatic ring is 1. The second kappa shape index (κ2) is 9.58. The number of carbonyl (C=O) groups excluding carboxylic acids is 2. The molecule has 1 aromatic heterocycles. The minimum atomic E-state index is -0.0811. The molecule has 0 aliphatic carbocycles. The van der Waals surface area contributed by atoms with Crippen LogP contribution in [0.2, 0.25) is 5.02 Å². The van der Waals surface area contributed by atoms with Crippen molar-refractivity contribution >= 4 is 35.1 Å². The van der Waals surface area contributed by atoms with E-state index in [1.807, 2.05) is 23.1 Å². The molecule has 2 N–H and O–H groups in total. The second-order valence-corrected chi connectivity index (χ2v) is 7.28. The number of halogens is 1. The Balaban J connectivity index is 0.000000216. The SMILES string of the molecule is C=CC(=O)N1CCc2cc(C(=O)N3CCCC3)ccc21.COc1nc(N)ncc1Cl. The molecule has 4 rings (SSSR count). The quantitative estimate of drug-likeness (QED) is 0.752. The van der Waals surface area contributed by atoms with Gasteiger partial charge in [0.15, 0.2) is 0 Å². The van der Waals surface area contributed by atoms with Crippen LogP contribution < -0.4 is 15.4 Å². The van der Waals surface area contributed by atoms with Crippen molar-refractivity contribution < 1.29 is 14.3 Å². The molecule has 0 saturated carbocycles. The van der Waals surface area contributed by atoms with Crippen LogP contribution in [0, 0.1) is 0 Å². The Kier molecular flexibility index (Phi) is 6.89. The van der Waals surface area contributed by atoms with Crippen molar-refractivity contribution in [1.82, 2.24) is 14.9 Å². The van der Waals surface area contributed by atoms with Gasteiger partial charge in [0.1, 0.15) is 5.02 Å². The number of hydrogen-bond donors (Lipinski definition) is 1. The molecule has 9 heteroatoms. The summed E-state index contributed by atoms with van der Waals surface area (Å²) in [5.74, 6) is 0.483. The topological polar surface area (TPSA) is 102 Å². The second-order valence-electron chi connectivity index (χ2n) is 6.87. The van der Waals surface area contributed by atoms with Crippen LogP contribution in [-0.2, 0) is 11.2 Å². The number of ether oxygens (including phenoxy) is 1. The van der Waals surface area contributed by atoms with Crippen LogP contribution in [0.15, 0.2) is 37.1 Å². The van der Waals surface area contributed by atoms with Crippen molar-refractivity contribution in [2.24, 2.45) is 0 Å². The fourth-order valence-electron chi connectivity index (χ4n) is 3.48. The highest BCUT2D eigenvalue weighted by molar-refractivity contribution is 6.31. The number of rotatable bonds is 3. The maximum Gasteiger partial charge on any atom is 0.253 e. The highest BCUT2D eigenvalue weighted by Gasteiger charge is 2.25. The van der Waals surface area contributed by atoms with Gasteiger partial charge in [0.05, 0.1) is 13.3 Å². The van der Waals surface area contributed by atoms with E-state index in [1.54, 1.807) is 4.90 Å². The summed E-state index contributed by atoms with van der Waals surface area (Å²) >= 11 is 5.59. The monoisotopic (exact) mass is 429 g/mol. The van der Waals surface area contributed by atoms with E-state index in [4.69, 9.17) is 22.1 Å². The van der Waals surface area contributed by atoms with Gasteiger partial charge < -0.3 is 20.3 Å². The third-order valence-corrected chi connectivity index (χ3v) is 5.24. The molecule has 8 nitrogen and oxygen atoms in total. The zero-order chi connectivity index (χ0) is 21.7. The van der Waals surface area contributed by atoms with E-state index in [1.165, 1.54) is 19.4 Å². The Morgan fingerprint density at radius 3 is 2.63 bits per heavy atom. The van der Waals surface area contributed by atoms with Crippen molar-refractivity contribution in [3.05, 3.63) is 53.2 Å². The Hall–Kier alpha value is -3.13. The normalized spacial score (nSPS) is 14.6. The van der Waals surface area contributed by atoms with Gasteiger partial charge in [-0.25, -0.2) is 4.98 Å². The lowest BCUT2D eigenvalue weighted by molar-refractivity contribution is -0.114. The van der Waals surface area contributed by atoms with Crippen LogP contribution in [0.3, 0.4) is 0 Å². The number of likely N-dealkylation sites (tertiary alicyclic amines) is 1. The largest absolute Gasteiger partial charge is 0.480 e. The number of nitrogens with two attached hydrogens (primary N) is 1. The molecular weight excluding hydrogens is 406 g/mol. The molecule has 3 heterocycles. The number of benzene rings is 1. The smallest absolute Gasteiger partial charge is 0.253 e. The number of carbonyl (C=O) groups is 2. The van der Waals surface area contributed by atoms with Gasteiger partial charge in [-0.05, 0) is 49.1 Å². The molecule has 2 aliphatic rings. The molecule has 158 valence electrons. The Morgan fingerprint density at radius 1 is 1.27 bits per heavy atom. The molecule has 0 radical (unpaired) electrons. The minimum absolute atomic E-state index is 0.0811. The van der Waals surface area contributed by atoms with Crippen LogP contribution in [-0.4, -0.2) is 53.4 Å². The lowest BCUT2D eigenvalue weighted by Crippen LogP contribution is -2.28. The van der Waals surface area contributed by atoms with Gasteiger partial charge in [-0.2, -0.15) is 4.98 Å². The van der Waals surface area contributed by atoms with Crippen LogP contribution in [0.5, 0.6) is 5.88 Å². The summed E-state index contributed by atoms with van der Waals surface area (Å²) in [5.41, 5.74) is 7.96. The Morgan fingerprint density at radius 2 is 2.00 bits per heavy atom. The predicted molar refractivity (Wildman–Crippen MR) is 116 cm³/mol. The fraction of sp³-hybridized carbons (Fsp3) is 0.333. The summed E-state index contributed by atoms with van der Waals surface area (Å²) in [6, 6.07) is 5.65. The first kappa shape index (κ1) is 21.6. The molecular formula is C21H24ClN5O3. The third-order valence-electron chi connectivity index (χ3n) is 4.98. The summed E-state index contributed by atoms with van der Waals surface area (Å²) in [4.78, 5) is 35.1. The molecule has 1 saturated heterocycles. The van der Waals surface area contributed by atoms with Crippen LogP contribution in [0.1, 0.15) is 28.8 Å². The summed E-state index contributed by atoms with van der Waals surface area (Å²) in [7, 11) is 1.47. The molecule has 1 fully saturated rings. The minimum Gasteiger partial charge on any atom is -0.480 e. The van der Waals surface area contributed by atoms with Crippen LogP contribution >= 0.6 is 11.6 Å². The van der Waals surface area contributed by atoms with Crippen molar-refractivity contribution in [2.45, 2.75) is 19.3 Å². The van der Waals surface area contributed by atoms with Crippen molar-refractivity contribution in [3.63, 3.8) is 0 Å².